The van der Waals surface area contributed by atoms with E-state index in [0.29, 0.717) is 0 Å². The molecule has 0 aliphatic heterocycles. The third-order valence-corrected chi connectivity index (χ3v) is 2.30. The molecular weight excluding hydrogens is 258 g/mol. The molecule has 0 unspecified atom stereocenters. The number of ether oxygens (including phenoxy) is 1. The predicted octanol–water partition coefficient (Wildman–Crippen LogP) is 2.80. The minimum absolute atomic E-state index is 0.252. The highest BCUT2D eigenvalue weighted by Gasteiger charge is 2.20. The number of allylic oxidation sites excluding steroid dienone is 1. The van der Waals surface area contributed by atoms with Crippen LogP contribution in [0.25, 0.3) is 10.4 Å². The van der Waals surface area contributed by atoms with Crippen molar-refractivity contribution < 1.29 is 14.3 Å². The Bertz CT molecular complexity index is 548. The summed E-state index contributed by atoms with van der Waals surface area (Å²) in [5.74, 6) is -1.59. The van der Waals surface area contributed by atoms with E-state index in [2.05, 4.69) is 14.8 Å². The highest BCUT2D eigenvalue weighted by Crippen LogP contribution is 2.18. The molecule has 7 heteroatoms. The van der Waals surface area contributed by atoms with Gasteiger partial charge in [0.1, 0.15) is 10.7 Å². The standard InChI is InChI=1S/C11H8ClN3O3/c1-18-11(17)8(12)9(14-15-13)10(16)7-5-3-2-4-6-7/h2-6H,1H3/b9-8+. The van der Waals surface area contributed by atoms with E-state index in [1.54, 1.807) is 18.2 Å². The number of benzene rings is 1. The number of rotatable bonds is 4. The molecule has 0 saturated carbocycles. The number of nitrogens with zero attached hydrogens (tertiary/aromatic N) is 3. The molecule has 0 amide bonds. The molecule has 1 aromatic rings. The lowest BCUT2D eigenvalue weighted by Crippen LogP contribution is -2.09. The average molecular weight is 266 g/mol. The summed E-state index contributed by atoms with van der Waals surface area (Å²) in [6.07, 6.45) is 0. The number of azide groups is 1. The molecule has 0 spiro atoms. The van der Waals surface area contributed by atoms with Gasteiger partial charge in [0.25, 0.3) is 0 Å². The van der Waals surface area contributed by atoms with Gasteiger partial charge >= 0.3 is 5.97 Å². The Morgan fingerprint density at radius 3 is 2.44 bits per heavy atom. The van der Waals surface area contributed by atoms with Gasteiger partial charge in [-0.05, 0) is 5.53 Å². The Labute approximate surface area is 107 Å². The van der Waals surface area contributed by atoms with Crippen molar-refractivity contribution >= 4 is 23.4 Å². The van der Waals surface area contributed by atoms with Gasteiger partial charge in [0.05, 0.1) is 7.11 Å². The van der Waals surface area contributed by atoms with E-state index < -0.39 is 22.5 Å². The van der Waals surface area contributed by atoms with E-state index in [-0.39, 0.29) is 5.56 Å². The van der Waals surface area contributed by atoms with Crippen LogP contribution < -0.4 is 0 Å². The fourth-order valence-electron chi connectivity index (χ4n) is 1.15. The molecule has 6 nitrogen and oxygen atoms in total. The third-order valence-electron chi connectivity index (χ3n) is 1.97. The molecular formula is C11H8ClN3O3. The summed E-state index contributed by atoms with van der Waals surface area (Å²) in [5.41, 5.74) is 8.16. The molecule has 0 fully saturated rings. The number of hydrogen-bond donors (Lipinski definition) is 0. The van der Waals surface area contributed by atoms with Gasteiger partial charge in [-0.1, -0.05) is 47.0 Å². The van der Waals surface area contributed by atoms with Crippen molar-refractivity contribution in [1.29, 1.82) is 0 Å². The van der Waals surface area contributed by atoms with Crippen molar-refractivity contribution in [2.45, 2.75) is 0 Å². The first-order chi connectivity index (χ1) is 8.61. The number of halogens is 1. The van der Waals surface area contributed by atoms with Crippen LogP contribution in [0, 0.1) is 0 Å². The van der Waals surface area contributed by atoms with Crippen molar-refractivity contribution in [1.82, 2.24) is 0 Å². The molecule has 0 aromatic heterocycles. The third kappa shape index (κ3) is 3.10. The molecule has 0 atom stereocenters. The Morgan fingerprint density at radius 1 is 1.33 bits per heavy atom. The quantitative estimate of drug-likeness (QED) is 0.209. The number of carbonyl (C=O) groups excluding carboxylic acids is 2. The molecule has 0 aliphatic carbocycles. The van der Waals surface area contributed by atoms with E-state index in [1.807, 2.05) is 0 Å². The number of hydrogen-bond acceptors (Lipinski definition) is 4. The van der Waals surface area contributed by atoms with Crippen molar-refractivity contribution in [3.05, 3.63) is 57.1 Å². The first-order valence-corrected chi connectivity index (χ1v) is 5.12. The topological polar surface area (TPSA) is 92.1 Å². The van der Waals surface area contributed by atoms with Gasteiger partial charge in [0.15, 0.2) is 5.78 Å². The van der Waals surface area contributed by atoms with Crippen LogP contribution in [0.1, 0.15) is 10.4 Å². The number of Topliss-reactive ketones (excluding diaryl/α,β-unsaturated/α-hetero) is 1. The second-order valence-corrected chi connectivity index (χ2v) is 3.42. The molecule has 0 radical (unpaired) electrons. The van der Waals surface area contributed by atoms with Crippen molar-refractivity contribution in [2.75, 3.05) is 7.11 Å². The van der Waals surface area contributed by atoms with Gasteiger partial charge in [0.2, 0.25) is 0 Å². The van der Waals surface area contributed by atoms with Crippen molar-refractivity contribution in [2.24, 2.45) is 5.11 Å². The van der Waals surface area contributed by atoms with Crippen LogP contribution in [0.15, 0.2) is 46.2 Å². The molecule has 0 bridgehead atoms. The van der Waals surface area contributed by atoms with Gasteiger partial charge in [0, 0.05) is 10.5 Å². The summed E-state index contributed by atoms with van der Waals surface area (Å²) in [6.45, 7) is 0. The van der Waals surface area contributed by atoms with Gasteiger partial charge in [-0.3, -0.25) is 4.79 Å². The van der Waals surface area contributed by atoms with Crippen LogP contribution in [0.4, 0.5) is 0 Å². The van der Waals surface area contributed by atoms with Crippen LogP contribution in [0.3, 0.4) is 0 Å². The van der Waals surface area contributed by atoms with E-state index in [0.717, 1.165) is 7.11 Å². The predicted molar refractivity (Wildman–Crippen MR) is 64.8 cm³/mol. The summed E-state index contributed by atoms with van der Waals surface area (Å²) < 4.78 is 4.36. The Balaban J connectivity index is 3.27. The van der Waals surface area contributed by atoms with E-state index in [1.165, 1.54) is 12.1 Å². The van der Waals surface area contributed by atoms with Crippen LogP contribution in [0.2, 0.25) is 0 Å². The van der Waals surface area contributed by atoms with E-state index >= 15 is 0 Å². The lowest BCUT2D eigenvalue weighted by atomic mass is 10.1. The maximum Gasteiger partial charge on any atom is 0.350 e. The zero-order valence-corrected chi connectivity index (χ0v) is 10.1. The number of ketones is 1. The SMILES string of the molecule is COC(=O)/C(Cl)=C(\N=[N+]=[N-])C(=O)c1ccccc1. The maximum absolute atomic E-state index is 12.0. The Morgan fingerprint density at radius 2 is 1.94 bits per heavy atom. The van der Waals surface area contributed by atoms with Crippen LogP contribution in [0.5, 0.6) is 0 Å². The zero-order chi connectivity index (χ0) is 13.5. The van der Waals surface area contributed by atoms with Crippen molar-refractivity contribution in [3.63, 3.8) is 0 Å². The Kier molecular flexibility index (Phi) is 4.92. The molecule has 18 heavy (non-hydrogen) atoms. The molecule has 1 rings (SSSR count). The highest BCUT2D eigenvalue weighted by atomic mass is 35.5. The second kappa shape index (κ2) is 6.44. The molecule has 0 N–H and O–H groups in total. The van der Waals surface area contributed by atoms with Crippen LogP contribution in [-0.2, 0) is 9.53 Å². The molecule has 0 saturated heterocycles. The summed E-state index contributed by atoms with van der Waals surface area (Å²) >= 11 is 5.64. The first kappa shape index (κ1) is 13.8. The molecule has 92 valence electrons. The normalized spacial score (nSPS) is 11.0. The van der Waals surface area contributed by atoms with Crippen LogP contribution >= 0.6 is 11.6 Å². The monoisotopic (exact) mass is 265 g/mol. The molecule has 1 aromatic carbocycles. The summed E-state index contributed by atoms with van der Waals surface area (Å²) in [5, 5.41) is 2.60. The van der Waals surface area contributed by atoms with Gasteiger partial charge in [-0.15, -0.1) is 0 Å². The van der Waals surface area contributed by atoms with Gasteiger partial charge in [-0.25, -0.2) is 4.79 Å². The largest absolute Gasteiger partial charge is 0.465 e. The van der Waals surface area contributed by atoms with Gasteiger partial charge < -0.3 is 4.74 Å². The lowest BCUT2D eigenvalue weighted by molar-refractivity contribution is -0.135. The zero-order valence-electron chi connectivity index (χ0n) is 9.33. The average Bonchev–Trinajstić information content (AvgIpc) is 2.43. The summed E-state index contributed by atoms with van der Waals surface area (Å²) in [6, 6.07) is 8.00. The van der Waals surface area contributed by atoms with E-state index in [4.69, 9.17) is 17.1 Å². The summed E-state index contributed by atoms with van der Waals surface area (Å²) in [4.78, 5) is 25.7. The second-order valence-electron chi connectivity index (χ2n) is 3.04. The molecule has 0 aliphatic rings. The Hall–Kier alpha value is -2.30. The maximum atomic E-state index is 12.0. The lowest BCUT2D eigenvalue weighted by Gasteiger charge is -2.03. The number of methoxy groups -OCH3 is 1. The number of esters is 1. The smallest absolute Gasteiger partial charge is 0.350 e. The summed E-state index contributed by atoms with van der Waals surface area (Å²) in [7, 11) is 1.10. The van der Waals surface area contributed by atoms with Crippen LogP contribution in [-0.4, -0.2) is 18.9 Å². The highest BCUT2D eigenvalue weighted by molar-refractivity contribution is 6.43. The van der Waals surface area contributed by atoms with E-state index in [9.17, 15) is 9.59 Å². The minimum Gasteiger partial charge on any atom is -0.465 e. The number of carbonyl (C=O) groups is 2. The fourth-order valence-corrected chi connectivity index (χ4v) is 1.35. The minimum atomic E-state index is -0.941. The van der Waals surface area contributed by atoms with Crippen molar-refractivity contribution in [3.8, 4) is 0 Å². The van der Waals surface area contributed by atoms with Gasteiger partial charge in [-0.2, -0.15) is 0 Å². The molecule has 0 heterocycles. The fraction of sp³-hybridized carbons (Fsp3) is 0.0909. The first-order valence-electron chi connectivity index (χ1n) is 4.74.